The SMILES string of the molecule is C=CCn1c(O)c(N=NC(=O)Cc2csc(N)n2)c2ccccc21. The molecule has 3 N–H and O–H groups in total. The third-order valence-electron chi connectivity index (χ3n) is 3.39. The first-order valence-electron chi connectivity index (χ1n) is 7.15. The first kappa shape index (κ1) is 15.9. The molecular weight excluding hydrogens is 326 g/mol. The minimum absolute atomic E-state index is 0.0171. The van der Waals surface area contributed by atoms with Gasteiger partial charge >= 0.3 is 0 Å². The number of aromatic hydroxyl groups is 1. The fourth-order valence-electron chi connectivity index (χ4n) is 2.38. The van der Waals surface area contributed by atoms with Crippen LogP contribution in [0.5, 0.6) is 5.88 Å². The maximum Gasteiger partial charge on any atom is 0.270 e. The minimum atomic E-state index is -0.458. The molecule has 0 spiro atoms. The van der Waals surface area contributed by atoms with Crippen LogP contribution in [-0.2, 0) is 17.8 Å². The maximum atomic E-state index is 11.9. The Morgan fingerprint density at radius 1 is 1.46 bits per heavy atom. The highest BCUT2D eigenvalue weighted by Crippen LogP contribution is 2.38. The van der Waals surface area contributed by atoms with Gasteiger partial charge in [-0.3, -0.25) is 4.79 Å². The molecule has 1 amide bonds. The van der Waals surface area contributed by atoms with Crippen molar-refractivity contribution in [1.29, 1.82) is 0 Å². The number of anilines is 1. The molecular formula is C16H15N5O2S. The van der Waals surface area contributed by atoms with E-state index in [1.54, 1.807) is 16.0 Å². The zero-order valence-electron chi connectivity index (χ0n) is 12.7. The van der Waals surface area contributed by atoms with Crippen LogP contribution in [0.25, 0.3) is 10.9 Å². The molecule has 0 unspecified atom stereocenters. The van der Waals surface area contributed by atoms with Crippen molar-refractivity contribution in [2.45, 2.75) is 13.0 Å². The zero-order chi connectivity index (χ0) is 17.1. The standard InChI is InChI=1S/C16H15N5O2S/c1-2-7-21-12-6-4-3-5-11(12)14(15(21)23)20-19-13(22)8-10-9-24-16(17)18-10/h2-6,9,23H,1,7-8H2,(H2,17,18). The Kier molecular flexibility index (Phi) is 4.39. The van der Waals surface area contributed by atoms with Crippen molar-refractivity contribution >= 4 is 39.0 Å². The summed E-state index contributed by atoms with van der Waals surface area (Å²) in [7, 11) is 0. The molecule has 0 aliphatic rings. The lowest BCUT2D eigenvalue weighted by atomic mass is 10.2. The van der Waals surface area contributed by atoms with E-state index < -0.39 is 5.91 Å². The number of thiazole rings is 1. The molecule has 122 valence electrons. The van der Waals surface area contributed by atoms with Crippen LogP contribution >= 0.6 is 11.3 Å². The minimum Gasteiger partial charge on any atom is -0.493 e. The summed E-state index contributed by atoms with van der Waals surface area (Å²) >= 11 is 1.26. The number of para-hydroxylation sites is 1. The number of nitrogens with zero attached hydrogens (tertiary/aromatic N) is 4. The van der Waals surface area contributed by atoms with E-state index in [0.29, 0.717) is 22.8 Å². The molecule has 0 bridgehead atoms. The van der Waals surface area contributed by atoms with Gasteiger partial charge in [-0.05, 0) is 6.07 Å². The molecule has 3 aromatic rings. The van der Waals surface area contributed by atoms with E-state index in [2.05, 4.69) is 21.8 Å². The monoisotopic (exact) mass is 341 g/mol. The molecule has 0 fully saturated rings. The second-order valence-electron chi connectivity index (χ2n) is 5.04. The van der Waals surface area contributed by atoms with E-state index in [-0.39, 0.29) is 18.0 Å². The third-order valence-corrected chi connectivity index (χ3v) is 4.12. The van der Waals surface area contributed by atoms with E-state index in [1.807, 2.05) is 24.3 Å². The van der Waals surface area contributed by atoms with Crippen molar-refractivity contribution in [2.24, 2.45) is 10.2 Å². The van der Waals surface area contributed by atoms with Crippen molar-refractivity contribution in [3.05, 3.63) is 48.0 Å². The van der Waals surface area contributed by atoms with Crippen molar-refractivity contribution < 1.29 is 9.90 Å². The number of nitrogens with two attached hydrogens (primary N) is 1. The molecule has 0 atom stereocenters. The Morgan fingerprint density at radius 2 is 2.25 bits per heavy atom. The number of aromatic nitrogens is 2. The summed E-state index contributed by atoms with van der Waals surface area (Å²) in [6.45, 7) is 4.10. The second-order valence-corrected chi connectivity index (χ2v) is 5.93. The number of allylic oxidation sites excluding steroid dienone is 1. The number of azo groups is 1. The van der Waals surface area contributed by atoms with E-state index >= 15 is 0 Å². The number of hydrogen-bond donors (Lipinski definition) is 2. The molecule has 2 heterocycles. The lowest BCUT2D eigenvalue weighted by molar-refractivity contribution is -0.117. The van der Waals surface area contributed by atoms with Gasteiger partial charge in [-0.15, -0.1) is 28.1 Å². The summed E-state index contributed by atoms with van der Waals surface area (Å²) in [6, 6.07) is 7.37. The van der Waals surface area contributed by atoms with Crippen LogP contribution in [0, 0.1) is 0 Å². The quantitative estimate of drug-likeness (QED) is 0.548. The highest BCUT2D eigenvalue weighted by molar-refractivity contribution is 7.13. The molecule has 0 aliphatic carbocycles. The van der Waals surface area contributed by atoms with Crippen molar-refractivity contribution in [3.8, 4) is 5.88 Å². The first-order chi connectivity index (χ1) is 11.6. The Morgan fingerprint density at radius 3 is 2.96 bits per heavy atom. The molecule has 0 saturated carbocycles. The van der Waals surface area contributed by atoms with Crippen molar-refractivity contribution in [3.63, 3.8) is 0 Å². The average Bonchev–Trinajstić information content (AvgIpc) is 3.08. The number of amides is 1. The average molecular weight is 341 g/mol. The number of benzene rings is 1. The van der Waals surface area contributed by atoms with E-state index in [0.717, 1.165) is 5.52 Å². The lowest BCUT2D eigenvalue weighted by Crippen LogP contribution is -1.98. The summed E-state index contributed by atoms with van der Waals surface area (Å²) < 4.78 is 1.66. The molecule has 8 heteroatoms. The molecule has 1 aromatic carbocycles. The predicted octanol–water partition coefficient (Wildman–Crippen LogP) is 3.42. The Hall–Kier alpha value is -3.00. The van der Waals surface area contributed by atoms with Crippen LogP contribution < -0.4 is 5.73 Å². The molecule has 7 nitrogen and oxygen atoms in total. The van der Waals surface area contributed by atoms with Gasteiger partial charge in [0.15, 0.2) is 10.8 Å². The summed E-state index contributed by atoms with van der Waals surface area (Å²) in [6.07, 6.45) is 1.69. The fourth-order valence-corrected chi connectivity index (χ4v) is 2.95. The van der Waals surface area contributed by atoms with Crippen LogP contribution in [0.15, 0.2) is 52.5 Å². The second kappa shape index (κ2) is 6.63. The zero-order valence-corrected chi connectivity index (χ0v) is 13.5. The number of nitrogen functional groups attached to an aromatic ring is 1. The molecule has 24 heavy (non-hydrogen) atoms. The van der Waals surface area contributed by atoms with Gasteiger partial charge in [0, 0.05) is 17.3 Å². The van der Waals surface area contributed by atoms with Crippen LogP contribution in [0.4, 0.5) is 10.8 Å². The number of carbonyl (C=O) groups is 1. The van der Waals surface area contributed by atoms with Crippen LogP contribution in [-0.4, -0.2) is 20.6 Å². The first-order valence-corrected chi connectivity index (χ1v) is 8.03. The van der Waals surface area contributed by atoms with Gasteiger partial charge in [-0.2, -0.15) is 0 Å². The highest BCUT2D eigenvalue weighted by atomic mass is 32.1. The molecule has 2 aromatic heterocycles. The van der Waals surface area contributed by atoms with Gasteiger partial charge < -0.3 is 15.4 Å². The third kappa shape index (κ3) is 3.04. The van der Waals surface area contributed by atoms with Gasteiger partial charge in [0.2, 0.25) is 5.88 Å². The normalized spacial score (nSPS) is 11.3. The molecule has 0 aliphatic heterocycles. The van der Waals surface area contributed by atoms with Gasteiger partial charge in [0.25, 0.3) is 5.91 Å². The smallest absolute Gasteiger partial charge is 0.270 e. The fraction of sp³-hybridized carbons (Fsp3) is 0.125. The van der Waals surface area contributed by atoms with Crippen LogP contribution in [0.1, 0.15) is 5.69 Å². The molecule has 0 saturated heterocycles. The molecule has 0 radical (unpaired) electrons. The van der Waals surface area contributed by atoms with Crippen molar-refractivity contribution in [2.75, 3.05) is 5.73 Å². The molecule has 3 rings (SSSR count). The Bertz CT molecular complexity index is 941. The van der Waals surface area contributed by atoms with Gasteiger partial charge in [-0.1, -0.05) is 24.3 Å². The number of rotatable bonds is 5. The summed E-state index contributed by atoms with van der Waals surface area (Å²) in [5, 5.41) is 20.8. The number of carbonyl (C=O) groups excluding carboxylic acids is 1. The van der Waals surface area contributed by atoms with Gasteiger partial charge in [0.05, 0.1) is 17.6 Å². The van der Waals surface area contributed by atoms with Gasteiger partial charge in [0.1, 0.15) is 0 Å². The number of fused-ring (bicyclic) bond motifs is 1. The van der Waals surface area contributed by atoms with Gasteiger partial charge in [-0.25, -0.2) is 4.98 Å². The predicted molar refractivity (Wildman–Crippen MR) is 93.6 cm³/mol. The lowest BCUT2D eigenvalue weighted by Gasteiger charge is -2.01. The topological polar surface area (TPSA) is 106 Å². The largest absolute Gasteiger partial charge is 0.493 e. The van der Waals surface area contributed by atoms with Crippen LogP contribution in [0.2, 0.25) is 0 Å². The summed E-state index contributed by atoms with van der Waals surface area (Å²) in [4.78, 5) is 15.9. The maximum absolute atomic E-state index is 11.9. The number of hydrogen-bond acceptors (Lipinski definition) is 6. The van der Waals surface area contributed by atoms with Crippen LogP contribution in [0.3, 0.4) is 0 Å². The van der Waals surface area contributed by atoms with E-state index in [1.165, 1.54) is 11.3 Å². The summed E-state index contributed by atoms with van der Waals surface area (Å²) in [5.41, 5.74) is 7.14. The Balaban J connectivity index is 1.90. The summed E-state index contributed by atoms with van der Waals surface area (Å²) in [5.74, 6) is -0.509. The Labute approximate surface area is 141 Å². The van der Waals surface area contributed by atoms with E-state index in [9.17, 15) is 9.90 Å². The van der Waals surface area contributed by atoms with Crippen molar-refractivity contribution in [1.82, 2.24) is 9.55 Å². The van der Waals surface area contributed by atoms with E-state index in [4.69, 9.17) is 5.73 Å². The highest BCUT2D eigenvalue weighted by Gasteiger charge is 2.16.